The van der Waals surface area contributed by atoms with E-state index in [9.17, 15) is 0 Å². The average molecular weight is 267 g/mol. The van der Waals surface area contributed by atoms with Crippen molar-refractivity contribution in [2.75, 3.05) is 14.2 Å². The molecule has 0 spiro atoms. The average Bonchev–Trinajstić information content (AvgIpc) is 2.52. The summed E-state index contributed by atoms with van der Waals surface area (Å²) in [6, 6.07) is 14.6. The van der Waals surface area contributed by atoms with Crippen LogP contribution in [0.25, 0.3) is 0 Å². The molecule has 0 saturated heterocycles. The number of benzene rings is 2. The molecule has 0 N–H and O–H groups in total. The molecule has 0 amide bonds. The summed E-state index contributed by atoms with van der Waals surface area (Å²) in [4.78, 5) is 0. The molecule has 0 bridgehead atoms. The Morgan fingerprint density at radius 1 is 0.950 bits per heavy atom. The zero-order valence-corrected chi connectivity index (χ0v) is 11.2. The molecule has 0 fully saturated rings. The Balaban J connectivity index is 2.41. The van der Waals surface area contributed by atoms with E-state index in [1.165, 1.54) is 14.2 Å². The van der Waals surface area contributed by atoms with Gasteiger partial charge in [-0.25, -0.2) is 0 Å². The van der Waals surface area contributed by atoms with Crippen LogP contribution in [0.4, 0.5) is 11.4 Å². The van der Waals surface area contributed by atoms with Gasteiger partial charge < -0.3 is 9.47 Å². The molecular weight excluding hydrogens is 254 g/mol. The summed E-state index contributed by atoms with van der Waals surface area (Å²) < 4.78 is 10.4. The number of methoxy groups -OCH3 is 2. The van der Waals surface area contributed by atoms with E-state index >= 15 is 0 Å². The van der Waals surface area contributed by atoms with Gasteiger partial charge in [-0.05, 0) is 12.1 Å². The summed E-state index contributed by atoms with van der Waals surface area (Å²) in [5.41, 5.74) is 1.63. The highest BCUT2D eigenvalue weighted by Gasteiger charge is 2.10. The van der Waals surface area contributed by atoms with Crippen molar-refractivity contribution in [3.05, 3.63) is 48.0 Å². The number of azo groups is 1. The van der Waals surface area contributed by atoms with Crippen molar-refractivity contribution < 1.29 is 9.47 Å². The van der Waals surface area contributed by atoms with Crippen LogP contribution in [0.1, 0.15) is 5.56 Å². The zero-order valence-electron chi connectivity index (χ0n) is 11.2. The van der Waals surface area contributed by atoms with Crippen molar-refractivity contribution >= 4 is 11.4 Å². The van der Waals surface area contributed by atoms with Gasteiger partial charge in [-0.3, -0.25) is 0 Å². The molecular formula is C15H13N3O2. The molecule has 2 rings (SSSR count). The fourth-order valence-electron chi connectivity index (χ4n) is 1.65. The van der Waals surface area contributed by atoms with Crippen molar-refractivity contribution in [1.29, 1.82) is 5.26 Å². The number of ether oxygens (including phenoxy) is 2. The van der Waals surface area contributed by atoms with E-state index in [-0.39, 0.29) is 0 Å². The van der Waals surface area contributed by atoms with E-state index in [0.29, 0.717) is 22.7 Å². The first-order valence-corrected chi connectivity index (χ1v) is 5.91. The molecule has 0 atom stereocenters. The Kier molecular flexibility index (Phi) is 4.30. The maximum absolute atomic E-state index is 9.03. The van der Waals surface area contributed by atoms with E-state index < -0.39 is 0 Å². The van der Waals surface area contributed by atoms with E-state index in [1.54, 1.807) is 12.1 Å². The third-order valence-corrected chi connectivity index (χ3v) is 2.65. The van der Waals surface area contributed by atoms with Crippen LogP contribution < -0.4 is 9.47 Å². The summed E-state index contributed by atoms with van der Waals surface area (Å²) in [7, 11) is 3.02. The first-order valence-electron chi connectivity index (χ1n) is 5.91. The Labute approximate surface area is 117 Å². The second kappa shape index (κ2) is 6.34. The molecule has 0 radical (unpaired) electrons. The van der Waals surface area contributed by atoms with Gasteiger partial charge in [0, 0.05) is 12.1 Å². The lowest BCUT2D eigenvalue weighted by Crippen LogP contribution is -1.90. The van der Waals surface area contributed by atoms with Gasteiger partial charge in [0.2, 0.25) is 0 Å². The molecule has 2 aromatic rings. The van der Waals surface area contributed by atoms with Crippen molar-refractivity contribution in [2.24, 2.45) is 10.2 Å². The number of hydrogen-bond acceptors (Lipinski definition) is 5. The highest BCUT2D eigenvalue weighted by Crippen LogP contribution is 2.35. The van der Waals surface area contributed by atoms with Gasteiger partial charge >= 0.3 is 0 Å². The van der Waals surface area contributed by atoms with Crippen LogP contribution in [0.5, 0.6) is 11.5 Å². The monoisotopic (exact) mass is 267 g/mol. The van der Waals surface area contributed by atoms with Crippen LogP contribution in [-0.4, -0.2) is 14.2 Å². The second-order valence-electron chi connectivity index (χ2n) is 3.87. The first-order chi connectivity index (χ1) is 9.78. The van der Waals surface area contributed by atoms with Gasteiger partial charge in [0.05, 0.1) is 25.5 Å². The highest BCUT2D eigenvalue weighted by atomic mass is 16.5. The quantitative estimate of drug-likeness (QED) is 0.786. The minimum atomic E-state index is 0.392. The minimum absolute atomic E-state index is 0.392. The lowest BCUT2D eigenvalue weighted by molar-refractivity contribution is 0.403. The van der Waals surface area contributed by atoms with Gasteiger partial charge in [-0.15, -0.1) is 5.11 Å². The fraction of sp³-hybridized carbons (Fsp3) is 0.133. The molecule has 2 aromatic carbocycles. The largest absolute Gasteiger partial charge is 0.495 e. The van der Waals surface area contributed by atoms with Crippen LogP contribution in [0.15, 0.2) is 52.7 Å². The van der Waals surface area contributed by atoms with Crippen LogP contribution in [0.3, 0.4) is 0 Å². The maximum Gasteiger partial charge on any atom is 0.147 e. The Morgan fingerprint density at radius 3 is 2.25 bits per heavy atom. The molecule has 0 aliphatic carbocycles. The summed E-state index contributed by atoms with van der Waals surface area (Å²) >= 11 is 0. The third kappa shape index (κ3) is 2.93. The predicted molar refractivity (Wildman–Crippen MR) is 74.9 cm³/mol. The fourth-order valence-corrected chi connectivity index (χ4v) is 1.65. The second-order valence-corrected chi connectivity index (χ2v) is 3.87. The molecule has 0 heterocycles. The zero-order chi connectivity index (χ0) is 14.4. The smallest absolute Gasteiger partial charge is 0.147 e. The predicted octanol–water partition coefficient (Wildman–Crippen LogP) is 3.99. The Bertz CT molecular complexity index is 661. The van der Waals surface area contributed by atoms with E-state index in [1.807, 2.05) is 36.4 Å². The van der Waals surface area contributed by atoms with E-state index in [0.717, 1.165) is 5.69 Å². The van der Waals surface area contributed by atoms with Crippen molar-refractivity contribution in [1.82, 2.24) is 0 Å². The van der Waals surface area contributed by atoms with Gasteiger partial charge in [0.15, 0.2) is 0 Å². The molecule has 5 heteroatoms. The highest BCUT2D eigenvalue weighted by molar-refractivity contribution is 5.61. The summed E-state index contributed by atoms with van der Waals surface area (Å²) in [6.07, 6.45) is 0. The van der Waals surface area contributed by atoms with E-state index in [4.69, 9.17) is 14.7 Å². The Morgan fingerprint density at radius 2 is 1.65 bits per heavy atom. The summed E-state index contributed by atoms with van der Waals surface area (Å²) in [6.45, 7) is 0. The molecule has 0 aromatic heterocycles. The molecule has 100 valence electrons. The lowest BCUT2D eigenvalue weighted by Gasteiger charge is -2.08. The third-order valence-electron chi connectivity index (χ3n) is 2.65. The summed E-state index contributed by atoms with van der Waals surface area (Å²) in [5.74, 6) is 0.914. The lowest BCUT2D eigenvalue weighted by atomic mass is 10.2. The minimum Gasteiger partial charge on any atom is -0.495 e. The normalized spacial score (nSPS) is 10.2. The molecule has 0 saturated carbocycles. The molecule has 0 aliphatic heterocycles. The van der Waals surface area contributed by atoms with Crippen LogP contribution in [0, 0.1) is 11.3 Å². The van der Waals surface area contributed by atoms with Crippen LogP contribution >= 0.6 is 0 Å². The summed E-state index contributed by atoms with van der Waals surface area (Å²) in [5, 5.41) is 17.3. The van der Waals surface area contributed by atoms with Crippen molar-refractivity contribution in [3.63, 3.8) is 0 Å². The first kappa shape index (κ1) is 13.6. The van der Waals surface area contributed by atoms with Crippen LogP contribution in [0.2, 0.25) is 0 Å². The molecule has 0 unspecified atom stereocenters. The number of rotatable bonds is 4. The number of nitrogens with zero attached hydrogens (tertiary/aromatic N) is 3. The standard InChI is InChI=1S/C15H13N3O2/c1-19-14-9-13(15(20-2)8-11(14)10-16)18-17-12-6-4-3-5-7-12/h3-9H,1-2H3/b18-17+. The van der Waals surface area contributed by atoms with Crippen LogP contribution in [-0.2, 0) is 0 Å². The van der Waals surface area contributed by atoms with Gasteiger partial charge in [-0.2, -0.15) is 10.4 Å². The molecule has 5 nitrogen and oxygen atoms in total. The topological polar surface area (TPSA) is 67.0 Å². The van der Waals surface area contributed by atoms with Gasteiger partial charge in [0.25, 0.3) is 0 Å². The SMILES string of the molecule is COc1cc(/N=N/c2ccccc2)c(OC)cc1C#N. The number of nitriles is 1. The van der Waals surface area contributed by atoms with Gasteiger partial charge in [-0.1, -0.05) is 18.2 Å². The molecule has 0 aliphatic rings. The van der Waals surface area contributed by atoms with Crippen molar-refractivity contribution in [2.45, 2.75) is 0 Å². The molecule has 20 heavy (non-hydrogen) atoms. The van der Waals surface area contributed by atoms with E-state index in [2.05, 4.69) is 10.2 Å². The Hall–Kier alpha value is -2.87. The van der Waals surface area contributed by atoms with Gasteiger partial charge in [0.1, 0.15) is 23.3 Å². The van der Waals surface area contributed by atoms with Crippen molar-refractivity contribution in [3.8, 4) is 17.6 Å². The maximum atomic E-state index is 9.03. The number of hydrogen-bond donors (Lipinski definition) is 0.